The van der Waals surface area contributed by atoms with Gasteiger partial charge in [-0.15, -0.1) is 0 Å². The molecule has 0 radical (unpaired) electrons. The molecule has 20 heavy (non-hydrogen) atoms. The standard InChI is InChI=1S/C15H10ClF3O/c16-14-2-1-9(7-15(14)19)5-13(20)6-10-3-11(17)8-12(18)4-10/h1-4,7-8H,5-6H2. The molecule has 0 aliphatic rings. The second-order valence-electron chi connectivity index (χ2n) is 4.42. The minimum atomic E-state index is -0.731. The van der Waals surface area contributed by atoms with Crippen LogP contribution >= 0.6 is 11.6 Å². The highest BCUT2D eigenvalue weighted by molar-refractivity contribution is 6.30. The van der Waals surface area contributed by atoms with Gasteiger partial charge in [0, 0.05) is 18.9 Å². The van der Waals surface area contributed by atoms with Crippen LogP contribution in [0.4, 0.5) is 13.2 Å². The average Bonchev–Trinajstić information content (AvgIpc) is 2.32. The molecule has 0 amide bonds. The molecular weight excluding hydrogens is 289 g/mol. The SMILES string of the molecule is O=C(Cc1cc(F)cc(F)c1)Cc1ccc(Cl)c(F)c1. The third-order valence-corrected chi connectivity index (χ3v) is 3.02. The van der Waals surface area contributed by atoms with Crippen molar-refractivity contribution in [2.75, 3.05) is 0 Å². The van der Waals surface area contributed by atoms with Crippen molar-refractivity contribution in [3.8, 4) is 0 Å². The molecule has 0 spiro atoms. The maximum absolute atomic E-state index is 13.2. The van der Waals surface area contributed by atoms with Gasteiger partial charge in [-0.3, -0.25) is 4.79 Å². The van der Waals surface area contributed by atoms with E-state index in [4.69, 9.17) is 11.6 Å². The molecule has 2 aromatic carbocycles. The molecule has 1 nitrogen and oxygen atoms in total. The summed E-state index contributed by atoms with van der Waals surface area (Å²) < 4.78 is 39.2. The number of rotatable bonds is 4. The number of hydrogen-bond acceptors (Lipinski definition) is 1. The highest BCUT2D eigenvalue weighted by Crippen LogP contribution is 2.17. The van der Waals surface area contributed by atoms with E-state index in [1.807, 2.05) is 0 Å². The predicted molar refractivity (Wildman–Crippen MR) is 70.2 cm³/mol. The Balaban J connectivity index is 2.06. The molecule has 5 heteroatoms. The first-order valence-corrected chi connectivity index (χ1v) is 6.22. The number of ketones is 1. The lowest BCUT2D eigenvalue weighted by Crippen LogP contribution is -2.07. The van der Waals surface area contributed by atoms with Gasteiger partial charge in [0.1, 0.15) is 23.2 Å². The van der Waals surface area contributed by atoms with Crippen LogP contribution in [0, 0.1) is 17.5 Å². The molecule has 0 saturated heterocycles. The molecule has 0 saturated carbocycles. The van der Waals surface area contributed by atoms with Crippen molar-refractivity contribution >= 4 is 17.4 Å². The molecule has 0 atom stereocenters. The van der Waals surface area contributed by atoms with Crippen LogP contribution in [0.1, 0.15) is 11.1 Å². The van der Waals surface area contributed by atoms with Crippen molar-refractivity contribution < 1.29 is 18.0 Å². The number of carbonyl (C=O) groups excluding carboxylic acids is 1. The minimum absolute atomic E-state index is 0.0200. The Morgan fingerprint density at radius 3 is 2.10 bits per heavy atom. The van der Waals surface area contributed by atoms with E-state index in [9.17, 15) is 18.0 Å². The molecule has 2 rings (SSSR count). The van der Waals surface area contributed by atoms with E-state index in [1.54, 1.807) is 0 Å². The van der Waals surface area contributed by atoms with Gasteiger partial charge < -0.3 is 0 Å². The average molecular weight is 299 g/mol. The summed E-state index contributed by atoms with van der Waals surface area (Å²) in [6, 6.07) is 7.01. The van der Waals surface area contributed by atoms with Crippen LogP contribution in [-0.2, 0) is 17.6 Å². The molecule has 2 aromatic rings. The Labute approximate surface area is 119 Å². The molecule has 104 valence electrons. The van der Waals surface area contributed by atoms with Gasteiger partial charge in [-0.1, -0.05) is 17.7 Å². The molecule has 0 N–H and O–H groups in total. The lowest BCUT2D eigenvalue weighted by atomic mass is 10.0. The van der Waals surface area contributed by atoms with Gasteiger partial charge in [0.15, 0.2) is 0 Å². The predicted octanol–water partition coefficient (Wildman–Crippen LogP) is 4.11. The quantitative estimate of drug-likeness (QED) is 0.830. The van der Waals surface area contributed by atoms with Gasteiger partial charge in [-0.2, -0.15) is 0 Å². The molecule has 0 aliphatic carbocycles. The molecule has 0 bridgehead atoms. The third-order valence-electron chi connectivity index (χ3n) is 2.71. The fraction of sp³-hybridized carbons (Fsp3) is 0.133. The lowest BCUT2D eigenvalue weighted by molar-refractivity contribution is -0.117. The summed E-state index contributed by atoms with van der Waals surface area (Å²) in [7, 11) is 0. The zero-order valence-corrected chi connectivity index (χ0v) is 11.1. The number of halogens is 4. The summed E-state index contributed by atoms with van der Waals surface area (Å²) in [5, 5.41) is -0.0200. The topological polar surface area (TPSA) is 17.1 Å². The molecule has 0 heterocycles. The largest absolute Gasteiger partial charge is 0.299 e. The second-order valence-corrected chi connectivity index (χ2v) is 4.83. The van der Waals surface area contributed by atoms with Crippen LogP contribution in [-0.4, -0.2) is 5.78 Å². The highest BCUT2D eigenvalue weighted by Gasteiger charge is 2.09. The lowest BCUT2D eigenvalue weighted by Gasteiger charge is -2.04. The van der Waals surface area contributed by atoms with Gasteiger partial charge >= 0.3 is 0 Å². The van der Waals surface area contributed by atoms with Crippen molar-refractivity contribution in [3.63, 3.8) is 0 Å². The maximum Gasteiger partial charge on any atom is 0.142 e. The molecule has 0 fully saturated rings. The van der Waals surface area contributed by atoms with Gasteiger partial charge in [0.25, 0.3) is 0 Å². The second kappa shape index (κ2) is 6.09. The van der Waals surface area contributed by atoms with Crippen LogP contribution in [0.25, 0.3) is 0 Å². The summed E-state index contributed by atoms with van der Waals surface area (Å²) >= 11 is 5.54. The highest BCUT2D eigenvalue weighted by atomic mass is 35.5. The first-order valence-electron chi connectivity index (χ1n) is 5.84. The molecule has 0 unspecified atom stereocenters. The Kier molecular flexibility index (Phi) is 4.45. The van der Waals surface area contributed by atoms with Crippen molar-refractivity contribution in [2.45, 2.75) is 12.8 Å². The summed E-state index contributed by atoms with van der Waals surface area (Å²) in [4.78, 5) is 11.8. The first-order chi connectivity index (χ1) is 9.44. The van der Waals surface area contributed by atoms with E-state index in [2.05, 4.69) is 0 Å². The fourth-order valence-electron chi connectivity index (χ4n) is 1.88. The van der Waals surface area contributed by atoms with E-state index in [0.29, 0.717) is 5.56 Å². The van der Waals surface area contributed by atoms with Crippen LogP contribution in [0.2, 0.25) is 5.02 Å². The van der Waals surface area contributed by atoms with E-state index in [1.165, 1.54) is 18.2 Å². The maximum atomic E-state index is 13.2. The zero-order valence-electron chi connectivity index (χ0n) is 10.3. The van der Waals surface area contributed by atoms with Crippen molar-refractivity contribution in [2.24, 2.45) is 0 Å². The van der Waals surface area contributed by atoms with Crippen LogP contribution < -0.4 is 0 Å². The minimum Gasteiger partial charge on any atom is -0.299 e. The first kappa shape index (κ1) is 14.6. The normalized spacial score (nSPS) is 10.6. The zero-order chi connectivity index (χ0) is 14.7. The molecule has 0 aliphatic heterocycles. The van der Waals surface area contributed by atoms with Crippen LogP contribution in [0.5, 0.6) is 0 Å². The number of benzene rings is 2. The molecule has 0 aromatic heterocycles. The van der Waals surface area contributed by atoms with Crippen LogP contribution in [0.3, 0.4) is 0 Å². The van der Waals surface area contributed by atoms with Crippen LogP contribution in [0.15, 0.2) is 36.4 Å². The fourth-order valence-corrected chi connectivity index (χ4v) is 2.00. The van der Waals surface area contributed by atoms with E-state index < -0.39 is 17.5 Å². The van der Waals surface area contributed by atoms with Crippen molar-refractivity contribution in [1.82, 2.24) is 0 Å². The summed E-state index contributed by atoms with van der Waals surface area (Å²) in [5.74, 6) is -2.33. The Morgan fingerprint density at radius 2 is 1.50 bits per heavy atom. The monoisotopic (exact) mass is 298 g/mol. The van der Waals surface area contributed by atoms with Gasteiger partial charge in [-0.25, -0.2) is 13.2 Å². The van der Waals surface area contributed by atoms with Crippen molar-refractivity contribution in [3.05, 3.63) is 70.0 Å². The Morgan fingerprint density at radius 1 is 0.900 bits per heavy atom. The number of carbonyl (C=O) groups is 1. The Hall–Kier alpha value is -1.81. The third kappa shape index (κ3) is 3.84. The summed E-state index contributed by atoms with van der Waals surface area (Å²) in [5.41, 5.74) is 0.718. The molecular formula is C15H10ClF3O. The van der Waals surface area contributed by atoms with Gasteiger partial charge in [-0.05, 0) is 35.4 Å². The van der Waals surface area contributed by atoms with E-state index in [-0.39, 0.29) is 29.2 Å². The van der Waals surface area contributed by atoms with Crippen molar-refractivity contribution in [1.29, 1.82) is 0 Å². The summed E-state index contributed by atoms with van der Waals surface area (Å²) in [6.07, 6.45) is -0.134. The summed E-state index contributed by atoms with van der Waals surface area (Å²) in [6.45, 7) is 0. The van der Waals surface area contributed by atoms with Gasteiger partial charge in [0.2, 0.25) is 0 Å². The number of hydrogen-bond donors (Lipinski definition) is 0. The smallest absolute Gasteiger partial charge is 0.142 e. The van der Waals surface area contributed by atoms with E-state index in [0.717, 1.165) is 18.2 Å². The van der Waals surface area contributed by atoms with Gasteiger partial charge in [0.05, 0.1) is 5.02 Å². The van der Waals surface area contributed by atoms with E-state index >= 15 is 0 Å². The number of Topliss-reactive ketones (excluding diaryl/α,β-unsaturated/α-hetero) is 1. The Bertz CT molecular complexity index is 635.